The number of hydrogen-bond donors (Lipinski definition) is 2. The smallest absolute Gasteiger partial charge is 0.340 e. The van der Waals surface area contributed by atoms with Crippen molar-refractivity contribution in [2.24, 2.45) is 0 Å². The SMILES string of the molecule is CCCOC(=O)c1c[nH]c2c(=O)[nH]c3cc(Cl)c(S(=O)(=O)N(C)C)cc3c12. The Hall–Kier alpha value is -2.36. The number of pyridine rings is 1. The van der Waals surface area contributed by atoms with Gasteiger partial charge in [0.05, 0.1) is 22.7 Å². The normalized spacial score (nSPS) is 12.2. The third-order valence-corrected chi connectivity index (χ3v) is 6.39. The van der Waals surface area contributed by atoms with Crippen molar-refractivity contribution in [2.75, 3.05) is 20.7 Å². The third-order valence-electron chi connectivity index (χ3n) is 4.11. The van der Waals surface area contributed by atoms with Gasteiger partial charge in [0.2, 0.25) is 10.0 Å². The maximum Gasteiger partial charge on any atom is 0.340 e. The van der Waals surface area contributed by atoms with Crippen LogP contribution in [0.25, 0.3) is 21.8 Å². The van der Waals surface area contributed by atoms with Gasteiger partial charge >= 0.3 is 5.97 Å². The zero-order valence-electron chi connectivity index (χ0n) is 14.9. The molecule has 0 atom stereocenters. The summed E-state index contributed by atoms with van der Waals surface area (Å²) in [5, 5.41) is 0.637. The molecule has 0 aliphatic carbocycles. The molecular formula is C17H18ClN3O5S. The van der Waals surface area contributed by atoms with E-state index in [4.69, 9.17) is 16.3 Å². The monoisotopic (exact) mass is 411 g/mol. The highest BCUT2D eigenvalue weighted by atomic mass is 35.5. The summed E-state index contributed by atoms with van der Waals surface area (Å²) in [6, 6.07) is 2.72. The summed E-state index contributed by atoms with van der Waals surface area (Å²) < 4.78 is 31.3. The van der Waals surface area contributed by atoms with Gasteiger partial charge < -0.3 is 14.7 Å². The Labute approximate surface area is 160 Å². The Kier molecular flexibility index (Phi) is 5.02. The van der Waals surface area contributed by atoms with Gasteiger partial charge in [0.1, 0.15) is 10.4 Å². The first-order valence-electron chi connectivity index (χ1n) is 8.14. The molecule has 2 N–H and O–H groups in total. The Morgan fingerprint density at radius 1 is 1.30 bits per heavy atom. The number of aromatic nitrogens is 2. The summed E-state index contributed by atoms with van der Waals surface area (Å²) in [6.07, 6.45) is 2.03. The molecule has 3 rings (SSSR count). The number of halogens is 1. The van der Waals surface area contributed by atoms with Gasteiger partial charge in [0, 0.05) is 31.1 Å². The average molecular weight is 412 g/mol. The molecule has 0 fully saturated rings. The number of hydrogen-bond acceptors (Lipinski definition) is 5. The first kappa shape index (κ1) is 19.4. The number of H-pyrrole nitrogens is 2. The Morgan fingerprint density at radius 3 is 2.63 bits per heavy atom. The lowest BCUT2D eigenvalue weighted by molar-refractivity contribution is 0.0507. The molecule has 0 unspecified atom stereocenters. The van der Waals surface area contributed by atoms with Crippen LogP contribution in [-0.4, -0.2) is 49.4 Å². The number of carbonyl (C=O) groups is 1. The molecule has 10 heteroatoms. The first-order chi connectivity index (χ1) is 12.7. The minimum atomic E-state index is -3.83. The topological polar surface area (TPSA) is 112 Å². The lowest BCUT2D eigenvalue weighted by atomic mass is 10.1. The number of nitrogens with one attached hydrogen (secondary N) is 2. The van der Waals surface area contributed by atoms with Gasteiger partial charge in [-0.3, -0.25) is 4.79 Å². The highest BCUT2D eigenvalue weighted by molar-refractivity contribution is 7.89. The molecule has 27 heavy (non-hydrogen) atoms. The van der Waals surface area contributed by atoms with E-state index in [1.807, 2.05) is 6.92 Å². The predicted molar refractivity (Wildman–Crippen MR) is 103 cm³/mol. The Bertz CT molecular complexity index is 1210. The number of carbonyl (C=O) groups excluding carboxylic acids is 1. The maximum atomic E-state index is 12.6. The highest BCUT2D eigenvalue weighted by Gasteiger charge is 2.24. The van der Waals surface area contributed by atoms with Crippen molar-refractivity contribution >= 4 is 49.4 Å². The molecule has 2 heterocycles. The van der Waals surface area contributed by atoms with Crippen molar-refractivity contribution in [3.8, 4) is 0 Å². The number of sulfonamides is 1. The molecular weight excluding hydrogens is 394 g/mol. The fourth-order valence-electron chi connectivity index (χ4n) is 2.76. The molecule has 0 bridgehead atoms. The van der Waals surface area contributed by atoms with Crippen LogP contribution < -0.4 is 5.56 Å². The van der Waals surface area contributed by atoms with Gasteiger partial charge in [-0.1, -0.05) is 18.5 Å². The second-order valence-corrected chi connectivity index (χ2v) is 8.69. The second-order valence-electron chi connectivity index (χ2n) is 6.16. The number of esters is 1. The standard InChI is InChI=1S/C17H18ClN3O5S/c1-4-5-26-17(23)10-8-19-15-14(10)9-6-13(27(24,25)21(2)3)11(18)7-12(9)20-16(15)22/h6-8,19H,4-5H2,1-3H3,(H,20,22). The average Bonchev–Trinajstić information content (AvgIpc) is 3.05. The van der Waals surface area contributed by atoms with Gasteiger partial charge in [-0.25, -0.2) is 17.5 Å². The van der Waals surface area contributed by atoms with E-state index in [1.165, 1.54) is 32.4 Å². The zero-order chi connectivity index (χ0) is 19.9. The number of nitrogens with zero attached hydrogens (tertiary/aromatic N) is 1. The van der Waals surface area contributed by atoms with Crippen LogP contribution in [0.4, 0.5) is 0 Å². The molecule has 0 saturated carbocycles. The van der Waals surface area contributed by atoms with Crippen molar-refractivity contribution < 1.29 is 17.9 Å². The molecule has 0 radical (unpaired) electrons. The summed E-state index contributed by atoms with van der Waals surface area (Å²) in [5.41, 5.74) is 0.178. The van der Waals surface area contributed by atoms with Crippen molar-refractivity contribution in [1.82, 2.24) is 14.3 Å². The van der Waals surface area contributed by atoms with E-state index in [0.29, 0.717) is 22.7 Å². The van der Waals surface area contributed by atoms with Gasteiger partial charge in [-0.05, 0) is 18.6 Å². The number of benzene rings is 1. The van der Waals surface area contributed by atoms with Gasteiger partial charge in [-0.2, -0.15) is 0 Å². The van der Waals surface area contributed by atoms with Crippen molar-refractivity contribution in [3.63, 3.8) is 0 Å². The predicted octanol–water partition coefficient (Wildman–Crippen LogP) is 2.48. The van der Waals surface area contributed by atoms with Crippen LogP contribution in [0.3, 0.4) is 0 Å². The van der Waals surface area contributed by atoms with E-state index in [0.717, 1.165) is 4.31 Å². The fourth-order valence-corrected chi connectivity index (χ4v) is 4.18. The summed E-state index contributed by atoms with van der Waals surface area (Å²) in [5.74, 6) is -0.595. The van der Waals surface area contributed by atoms with Crippen LogP contribution >= 0.6 is 11.6 Å². The second kappa shape index (κ2) is 6.99. The van der Waals surface area contributed by atoms with Crippen molar-refractivity contribution in [2.45, 2.75) is 18.2 Å². The number of ether oxygens (including phenoxy) is 1. The molecule has 0 spiro atoms. The minimum Gasteiger partial charge on any atom is -0.462 e. The first-order valence-corrected chi connectivity index (χ1v) is 9.96. The number of aromatic amines is 2. The molecule has 1 aromatic carbocycles. The molecule has 3 aromatic rings. The zero-order valence-corrected chi connectivity index (χ0v) is 16.5. The quantitative estimate of drug-likeness (QED) is 0.626. The molecule has 144 valence electrons. The van der Waals surface area contributed by atoms with Gasteiger partial charge in [0.25, 0.3) is 5.56 Å². The summed E-state index contributed by atoms with van der Waals surface area (Å²) >= 11 is 6.15. The van der Waals surface area contributed by atoms with Crippen LogP contribution in [0.2, 0.25) is 5.02 Å². The van der Waals surface area contributed by atoms with E-state index in [-0.39, 0.29) is 27.6 Å². The molecule has 0 amide bonds. The molecule has 0 saturated heterocycles. The van der Waals surface area contributed by atoms with Crippen LogP contribution in [0, 0.1) is 0 Å². The van der Waals surface area contributed by atoms with Crippen molar-refractivity contribution in [1.29, 1.82) is 0 Å². The van der Waals surface area contributed by atoms with Crippen LogP contribution in [0.15, 0.2) is 28.0 Å². The molecule has 8 nitrogen and oxygen atoms in total. The van der Waals surface area contributed by atoms with Crippen LogP contribution in [-0.2, 0) is 14.8 Å². The van der Waals surface area contributed by atoms with Crippen LogP contribution in [0.1, 0.15) is 23.7 Å². The van der Waals surface area contributed by atoms with E-state index >= 15 is 0 Å². The number of fused-ring (bicyclic) bond motifs is 3. The van der Waals surface area contributed by atoms with E-state index in [9.17, 15) is 18.0 Å². The Morgan fingerprint density at radius 2 is 2.00 bits per heavy atom. The Balaban J connectivity index is 2.39. The highest BCUT2D eigenvalue weighted by Crippen LogP contribution is 2.32. The van der Waals surface area contributed by atoms with E-state index in [1.54, 1.807) is 0 Å². The summed E-state index contributed by atoms with van der Waals surface area (Å²) in [6.45, 7) is 2.10. The van der Waals surface area contributed by atoms with Crippen molar-refractivity contribution in [3.05, 3.63) is 39.3 Å². The van der Waals surface area contributed by atoms with E-state index in [2.05, 4.69) is 9.97 Å². The fraction of sp³-hybridized carbons (Fsp3) is 0.294. The maximum absolute atomic E-state index is 12.6. The largest absolute Gasteiger partial charge is 0.462 e. The lowest BCUT2D eigenvalue weighted by Gasteiger charge is -2.14. The van der Waals surface area contributed by atoms with Gasteiger partial charge in [-0.15, -0.1) is 0 Å². The lowest BCUT2D eigenvalue weighted by Crippen LogP contribution is -2.22. The van der Waals surface area contributed by atoms with Crippen LogP contribution in [0.5, 0.6) is 0 Å². The molecule has 0 aliphatic heterocycles. The number of rotatable bonds is 5. The molecule has 0 aliphatic rings. The minimum absolute atomic E-state index is 0.0307. The molecule has 2 aromatic heterocycles. The van der Waals surface area contributed by atoms with E-state index < -0.39 is 21.6 Å². The van der Waals surface area contributed by atoms with Gasteiger partial charge in [0.15, 0.2) is 0 Å². The summed E-state index contributed by atoms with van der Waals surface area (Å²) in [7, 11) is -1.04. The summed E-state index contributed by atoms with van der Waals surface area (Å²) in [4.78, 5) is 30.0. The third kappa shape index (κ3) is 3.22.